The van der Waals surface area contributed by atoms with E-state index in [0.717, 1.165) is 12.8 Å². The molecule has 1 aliphatic carbocycles. The predicted molar refractivity (Wildman–Crippen MR) is 56.8 cm³/mol. The number of hydrogen-bond donors (Lipinski definition) is 2. The van der Waals surface area contributed by atoms with E-state index in [1.807, 2.05) is 0 Å². The molecular formula is C10H16N4O2. The van der Waals surface area contributed by atoms with Crippen molar-refractivity contribution in [1.82, 2.24) is 20.1 Å². The van der Waals surface area contributed by atoms with Gasteiger partial charge in [0.1, 0.15) is 6.33 Å². The molecule has 2 N–H and O–H groups in total. The minimum Gasteiger partial charge on any atom is -0.396 e. The lowest BCUT2D eigenvalue weighted by Crippen LogP contribution is -2.45. The Bertz CT molecular complexity index is 335. The first-order valence-corrected chi connectivity index (χ1v) is 5.60. The van der Waals surface area contributed by atoms with Crippen LogP contribution in [0.2, 0.25) is 0 Å². The first-order valence-electron chi connectivity index (χ1n) is 5.60. The van der Waals surface area contributed by atoms with Crippen molar-refractivity contribution in [3.05, 3.63) is 12.2 Å². The van der Waals surface area contributed by atoms with Gasteiger partial charge in [-0.25, -0.2) is 4.98 Å². The highest BCUT2D eigenvalue weighted by atomic mass is 16.3. The van der Waals surface area contributed by atoms with Crippen LogP contribution in [0.3, 0.4) is 0 Å². The summed E-state index contributed by atoms with van der Waals surface area (Å²) in [5, 5.41) is 15.1. The Morgan fingerprint density at radius 3 is 2.94 bits per heavy atom. The van der Waals surface area contributed by atoms with Crippen LogP contribution in [0.4, 0.5) is 0 Å². The molecule has 6 nitrogen and oxygen atoms in total. The number of carbonyl (C=O) groups excluding carboxylic acids is 1. The number of aromatic nitrogens is 3. The molecule has 1 amide bonds. The molecule has 0 aliphatic heterocycles. The van der Waals surface area contributed by atoms with E-state index in [1.54, 1.807) is 4.90 Å². The Hall–Kier alpha value is -1.43. The monoisotopic (exact) mass is 224 g/mol. The standard InChI is InChI=1S/C10H16N4O2/c15-6-2-5-14(8-3-1-4-8)10(16)9-11-7-12-13-9/h7-8,15H,1-6H2,(H,11,12,13). The number of amides is 1. The smallest absolute Gasteiger partial charge is 0.291 e. The zero-order chi connectivity index (χ0) is 11.4. The minimum absolute atomic E-state index is 0.104. The third-order valence-corrected chi connectivity index (χ3v) is 2.95. The highest BCUT2D eigenvalue weighted by molar-refractivity contribution is 5.90. The van der Waals surface area contributed by atoms with Gasteiger partial charge in [0, 0.05) is 19.2 Å². The van der Waals surface area contributed by atoms with E-state index in [0.29, 0.717) is 19.0 Å². The number of carbonyl (C=O) groups is 1. The molecule has 16 heavy (non-hydrogen) atoms. The summed E-state index contributed by atoms with van der Waals surface area (Å²) < 4.78 is 0. The van der Waals surface area contributed by atoms with Gasteiger partial charge in [-0.2, -0.15) is 5.10 Å². The molecule has 1 aliphatic rings. The molecule has 0 aromatic carbocycles. The van der Waals surface area contributed by atoms with E-state index in [4.69, 9.17) is 5.11 Å². The van der Waals surface area contributed by atoms with Crippen molar-refractivity contribution in [2.75, 3.05) is 13.2 Å². The molecule has 0 radical (unpaired) electrons. The summed E-state index contributed by atoms with van der Waals surface area (Å²) in [5.74, 6) is 0.167. The number of aromatic amines is 1. The van der Waals surface area contributed by atoms with Gasteiger partial charge in [-0.15, -0.1) is 0 Å². The zero-order valence-electron chi connectivity index (χ0n) is 9.09. The maximum Gasteiger partial charge on any atom is 0.291 e. The summed E-state index contributed by atoms with van der Waals surface area (Å²) in [6.45, 7) is 0.688. The van der Waals surface area contributed by atoms with Gasteiger partial charge >= 0.3 is 0 Å². The molecule has 0 bridgehead atoms. The Balaban J connectivity index is 2.02. The zero-order valence-corrected chi connectivity index (χ0v) is 9.09. The van der Waals surface area contributed by atoms with E-state index in [9.17, 15) is 4.79 Å². The van der Waals surface area contributed by atoms with Gasteiger partial charge in [0.2, 0.25) is 5.82 Å². The Morgan fingerprint density at radius 2 is 2.44 bits per heavy atom. The fourth-order valence-corrected chi connectivity index (χ4v) is 1.83. The van der Waals surface area contributed by atoms with Crippen molar-refractivity contribution in [2.45, 2.75) is 31.7 Å². The first kappa shape index (κ1) is 11.1. The highest BCUT2D eigenvalue weighted by Gasteiger charge is 2.30. The fourth-order valence-electron chi connectivity index (χ4n) is 1.83. The quantitative estimate of drug-likeness (QED) is 0.747. The summed E-state index contributed by atoms with van der Waals surface area (Å²) in [5.41, 5.74) is 0. The van der Waals surface area contributed by atoms with E-state index in [-0.39, 0.29) is 18.3 Å². The number of aliphatic hydroxyl groups excluding tert-OH is 1. The molecule has 0 atom stereocenters. The van der Waals surface area contributed by atoms with Crippen LogP contribution in [0.1, 0.15) is 36.3 Å². The van der Waals surface area contributed by atoms with E-state index >= 15 is 0 Å². The molecule has 6 heteroatoms. The molecule has 1 aromatic heterocycles. The van der Waals surface area contributed by atoms with Crippen molar-refractivity contribution >= 4 is 5.91 Å². The van der Waals surface area contributed by atoms with Crippen LogP contribution in [0.5, 0.6) is 0 Å². The van der Waals surface area contributed by atoms with Crippen molar-refractivity contribution in [1.29, 1.82) is 0 Å². The van der Waals surface area contributed by atoms with Gasteiger partial charge in [0.15, 0.2) is 0 Å². The summed E-state index contributed by atoms with van der Waals surface area (Å²) in [6.07, 6.45) is 5.20. The van der Waals surface area contributed by atoms with Crippen molar-refractivity contribution in [3.8, 4) is 0 Å². The van der Waals surface area contributed by atoms with E-state index in [1.165, 1.54) is 12.7 Å². The molecular weight excluding hydrogens is 208 g/mol. The number of nitrogens with zero attached hydrogens (tertiary/aromatic N) is 3. The first-order chi connectivity index (χ1) is 7.83. The van der Waals surface area contributed by atoms with Crippen LogP contribution < -0.4 is 0 Å². The van der Waals surface area contributed by atoms with Crippen LogP contribution >= 0.6 is 0 Å². The van der Waals surface area contributed by atoms with Crippen molar-refractivity contribution in [2.24, 2.45) is 0 Å². The largest absolute Gasteiger partial charge is 0.396 e. The molecule has 0 unspecified atom stereocenters. The van der Waals surface area contributed by atoms with Crippen LogP contribution in [0.25, 0.3) is 0 Å². The molecule has 88 valence electrons. The lowest BCUT2D eigenvalue weighted by atomic mass is 9.91. The van der Waals surface area contributed by atoms with Crippen LogP contribution in [-0.4, -0.2) is 50.3 Å². The number of aliphatic hydroxyl groups is 1. The molecule has 0 spiro atoms. The van der Waals surface area contributed by atoms with Gasteiger partial charge < -0.3 is 10.0 Å². The summed E-state index contributed by atoms with van der Waals surface area (Å²) in [7, 11) is 0. The number of hydrogen-bond acceptors (Lipinski definition) is 4. The van der Waals surface area contributed by atoms with Crippen molar-refractivity contribution in [3.63, 3.8) is 0 Å². The lowest BCUT2D eigenvalue weighted by Gasteiger charge is -2.37. The van der Waals surface area contributed by atoms with E-state index in [2.05, 4.69) is 15.2 Å². The number of H-pyrrole nitrogens is 1. The molecule has 1 fully saturated rings. The maximum absolute atomic E-state index is 12.1. The SMILES string of the molecule is O=C(c1ncn[nH]1)N(CCCO)C1CCC1. The summed E-state index contributed by atoms with van der Waals surface area (Å²) in [4.78, 5) is 17.7. The van der Waals surface area contributed by atoms with Gasteiger partial charge in [-0.1, -0.05) is 0 Å². The second kappa shape index (κ2) is 5.07. The van der Waals surface area contributed by atoms with Crippen molar-refractivity contribution < 1.29 is 9.90 Å². The molecule has 2 rings (SSSR count). The average Bonchev–Trinajstić information content (AvgIpc) is 2.73. The third-order valence-electron chi connectivity index (χ3n) is 2.95. The Labute approximate surface area is 93.7 Å². The van der Waals surface area contributed by atoms with Crippen LogP contribution in [-0.2, 0) is 0 Å². The minimum atomic E-state index is -0.115. The van der Waals surface area contributed by atoms with Crippen LogP contribution in [0.15, 0.2) is 6.33 Å². The highest BCUT2D eigenvalue weighted by Crippen LogP contribution is 2.25. The molecule has 1 saturated carbocycles. The Morgan fingerprint density at radius 1 is 1.62 bits per heavy atom. The normalized spacial score (nSPS) is 15.8. The lowest BCUT2D eigenvalue weighted by molar-refractivity contribution is 0.0550. The predicted octanol–water partition coefficient (Wildman–Crippen LogP) is 0.182. The average molecular weight is 224 g/mol. The second-order valence-corrected chi connectivity index (χ2v) is 3.99. The summed E-state index contributed by atoms with van der Waals surface area (Å²) >= 11 is 0. The topological polar surface area (TPSA) is 82.1 Å². The third kappa shape index (κ3) is 2.21. The van der Waals surface area contributed by atoms with Gasteiger partial charge in [-0.3, -0.25) is 9.89 Å². The molecule has 1 heterocycles. The van der Waals surface area contributed by atoms with Crippen LogP contribution in [0, 0.1) is 0 Å². The van der Waals surface area contributed by atoms with Gasteiger partial charge in [-0.05, 0) is 25.7 Å². The van der Waals surface area contributed by atoms with E-state index < -0.39 is 0 Å². The Kier molecular flexibility index (Phi) is 3.51. The molecule has 1 aromatic rings. The van der Waals surface area contributed by atoms with Gasteiger partial charge in [0.05, 0.1) is 0 Å². The summed E-state index contributed by atoms with van der Waals surface area (Å²) in [6, 6.07) is 0.309. The maximum atomic E-state index is 12.1. The second-order valence-electron chi connectivity index (χ2n) is 3.99. The van der Waals surface area contributed by atoms with Gasteiger partial charge in [0.25, 0.3) is 5.91 Å². The number of nitrogens with one attached hydrogen (secondary N) is 1. The molecule has 0 saturated heterocycles. The fraction of sp³-hybridized carbons (Fsp3) is 0.700. The number of rotatable bonds is 5.